The molecule has 1 aromatic rings. The molecule has 1 aromatic heterocycles. The summed E-state index contributed by atoms with van der Waals surface area (Å²) in [5.74, 6) is 0.768. The van der Waals surface area contributed by atoms with E-state index >= 15 is 0 Å². The molecule has 3 atom stereocenters. The first-order valence-electron chi connectivity index (χ1n) is 7.51. The molecule has 0 radical (unpaired) electrons. The molecule has 3 heterocycles. The molecule has 120 valence electrons. The number of piperidine rings is 1. The lowest BCUT2D eigenvalue weighted by Crippen LogP contribution is -2.62. The Bertz CT molecular complexity index is 576. The maximum atomic E-state index is 11.7. The van der Waals surface area contributed by atoms with Crippen molar-refractivity contribution in [3.05, 3.63) is 17.3 Å². The van der Waals surface area contributed by atoms with E-state index in [1.807, 2.05) is 13.1 Å². The zero-order valence-electron chi connectivity index (χ0n) is 13.1. The molecule has 2 saturated heterocycles. The van der Waals surface area contributed by atoms with Crippen molar-refractivity contribution in [2.75, 3.05) is 11.9 Å². The highest BCUT2D eigenvalue weighted by atomic mass is 35.5. The molecule has 1 N–H and O–H groups in total. The second kappa shape index (κ2) is 4.98. The second-order valence-corrected chi connectivity index (χ2v) is 7.39. The average Bonchev–Trinajstić information content (AvgIpc) is 2.61. The minimum atomic E-state index is -0.810. The normalized spacial score (nSPS) is 33.8. The van der Waals surface area contributed by atoms with Crippen molar-refractivity contribution >= 4 is 23.5 Å². The second-order valence-electron chi connectivity index (χ2n) is 7.00. The molecule has 0 spiro atoms. The number of halogens is 1. The van der Waals surface area contributed by atoms with Gasteiger partial charge in [-0.1, -0.05) is 11.6 Å². The molecule has 0 aliphatic carbocycles. The van der Waals surface area contributed by atoms with Crippen molar-refractivity contribution in [2.45, 2.75) is 56.7 Å². The number of aromatic nitrogens is 2. The third kappa shape index (κ3) is 2.29. The molecule has 2 aliphatic heterocycles. The number of anilines is 1. The lowest BCUT2D eigenvalue weighted by molar-refractivity contribution is 0.0131. The average molecular weight is 325 g/mol. The van der Waals surface area contributed by atoms with Crippen molar-refractivity contribution in [1.29, 1.82) is 0 Å². The van der Waals surface area contributed by atoms with Gasteiger partial charge < -0.3 is 10.0 Å². The van der Waals surface area contributed by atoms with Crippen LogP contribution in [0.2, 0.25) is 5.15 Å². The summed E-state index contributed by atoms with van der Waals surface area (Å²) in [7, 11) is 1.99. The zero-order valence-corrected chi connectivity index (χ0v) is 13.8. The van der Waals surface area contributed by atoms with Crippen LogP contribution < -0.4 is 4.90 Å². The number of carboxylic acid groups (broad SMARTS) is 1. The number of amides is 1. The summed E-state index contributed by atoms with van der Waals surface area (Å²) in [6.45, 7) is 4.11. The van der Waals surface area contributed by atoms with Gasteiger partial charge in [-0.2, -0.15) is 0 Å². The van der Waals surface area contributed by atoms with Crippen LogP contribution in [-0.4, -0.2) is 50.5 Å². The van der Waals surface area contributed by atoms with E-state index in [-0.39, 0.29) is 17.1 Å². The topological polar surface area (TPSA) is 69.6 Å². The van der Waals surface area contributed by atoms with Crippen LogP contribution in [0.5, 0.6) is 0 Å². The summed E-state index contributed by atoms with van der Waals surface area (Å²) >= 11 is 5.79. The fraction of sp³-hybridized carbons (Fsp3) is 0.667. The van der Waals surface area contributed by atoms with Crippen LogP contribution in [-0.2, 0) is 0 Å². The van der Waals surface area contributed by atoms with Crippen LogP contribution in [0, 0.1) is 0 Å². The highest BCUT2D eigenvalue weighted by Gasteiger charge is 2.58. The molecule has 6 nitrogen and oxygen atoms in total. The molecule has 0 saturated carbocycles. The predicted octanol–water partition coefficient (Wildman–Crippen LogP) is 3.02. The Morgan fingerprint density at radius 3 is 2.36 bits per heavy atom. The van der Waals surface area contributed by atoms with Crippen LogP contribution in [0.4, 0.5) is 10.6 Å². The number of hydrogen-bond donors (Lipinski definition) is 1. The Morgan fingerprint density at radius 1 is 1.32 bits per heavy atom. The minimum Gasteiger partial charge on any atom is -0.465 e. The van der Waals surface area contributed by atoms with E-state index in [0.717, 1.165) is 31.5 Å². The van der Waals surface area contributed by atoms with E-state index in [1.54, 1.807) is 11.0 Å². The van der Waals surface area contributed by atoms with Gasteiger partial charge >= 0.3 is 6.09 Å². The first-order valence-corrected chi connectivity index (χ1v) is 7.88. The Hall–Kier alpha value is -1.56. The lowest BCUT2D eigenvalue weighted by Gasteiger charge is -2.51. The Labute approximate surface area is 135 Å². The van der Waals surface area contributed by atoms with E-state index in [9.17, 15) is 9.90 Å². The number of nitrogens with zero attached hydrogens (tertiary/aromatic N) is 4. The fourth-order valence-corrected chi connectivity index (χ4v) is 4.41. The van der Waals surface area contributed by atoms with Crippen molar-refractivity contribution in [3.63, 3.8) is 0 Å². The molecule has 0 unspecified atom stereocenters. The van der Waals surface area contributed by atoms with E-state index in [2.05, 4.69) is 28.9 Å². The number of hydrogen-bond acceptors (Lipinski definition) is 4. The van der Waals surface area contributed by atoms with Gasteiger partial charge in [0.05, 0.1) is 0 Å². The first kappa shape index (κ1) is 15.3. The SMILES string of the molecule is CN(c1ccc(Cl)nn1)[C@H]1C[C@]2(C)CC[C@](C)(C1)N2C(=O)O. The smallest absolute Gasteiger partial charge is 0.408 e. The highest BCUT2D eigenvalue weighted by molar-refractivity contribution is 6.29. The van der Waals surface area contributed by atoms with Crippen LogP contribution >= 0.6 is 11.6 Å². The van der Waals surface area contributed by atoms with Crippen LogP contribution in [0.15, 0.2) is 12.1 Å². The van der Waals surface area contributed by atoms with Gasteiger partial charge in [0, 0.05) is 24.2 Å². The van der Waals surface area contributed by atoms with Crippen LogP contribution in [0.25, 0.3) is 0 Å². The van der Waals surface area contributed by atoms with Gasteiger partial charge in [-0.05, 0) is 51.7 Å². The number of carbonyl (C=O) groups is 1. The summed E-state index contributed by atoms with van der Waals surface area (Å²) in [6, 6.07) is 3.82. The fourth-order valence-electron chi connectivity index (χ4n) is 4.31. The van der Waals surface area contributed by atoms with E-state index in [0.29, 0.717) is 5.15 Å². The summed E-state index contributed by atoms with van der Waals surface area (Å²) in [4.78, 5) is 15.5. The van der Waals surface area contributed by atoms with Gasteiger partial charge in [-0.15, -0.1) is 10.2 Å². The highest BCUT2D eigenvalue weighted by Crippen LogP contribution is 2.51. The van der Waals surface area contributed by atoms with Crippen LogP contribution in [0.1, 0.15) is 39.5 Å². The van der Waals surface area contributed by atoms with Crippen molar-refractivity contribution in [3.8, 4) is 0 Å². The molecule has 3 rings (SSSR count). The summed E-state index contributed by atoms with van der Waals surface area (Å²) < 4.78 is 0. The lowest BCUT2D eigenvalue weighted by atomic mass is 9.82. The monoisotopic (exact) mass is 324 g/mol. The standard InChI is InChI=1S/C15H21ClN4O2/c1-14-6-7-15(2,20(14)13(21)22)9-10(8-14)19(3)12-5-4-11(16)17-18-12/h4-5,10H,6-9H2,1-3H3,(H,21,22)/t10-,14-,15+. The number of rotatable bonds is 2. The Balaban J connectivity index is 1.87. The first-order chi connectivity index (χ1) is 10.3. The van der Waals surface area contributed by atoms with Gasteiger partial charge in [0.1, 0.15) is 0 Å². The van der Waals surface area contributed by atoms with Gasteiger partial charge in [-0.3, -0.25) is 4.90 Å². The van der Waals surface area contributed by atoms with Crippen molar-refractivity contribution in [1.82, 2.24) is 15.1 Å². The maximum absolute atomic E-state index is 11.7. The van der Waals surface area contributed by atoms with Crippen molar-refractivity contribution in [2.24, 2.45) is 0 Å². The molecular formula is C15H21ClN4O2. The van der Waals surface area contributed by atoms with E-state index in [4.69, 9.17) is 11.6 Å². The Morgan fingerprint density at radius 2 is 1.91 bits per heavy atom. The van der Waals surface area contributed by atoms with Crippen molar-refractivity contribution < 1.29 is 9.90 Å². The molecular weight excluding hydrogens is 304 g/mol. The van der Waals surface area contributed by atoms with Gasteiger partial charge in [-0.25, -0.2) is 4.79 Å². The minimum absolute atomic E-state index is 0.239. The third-order valence-electron chi connectivity index (χ3n) is 5.35. The van der Waals surface area contributed by atoms with E-state index in [1.165, 1.54) is 0 Å². The zero-order chi connectivity index (χ0) is 16.1. The summed E-state index contributed by atoms with van der Waals surface area (Å²) in [5, 5.41) is 18.0. The molecule has 2 fully saturated rings. The molecule has 7 heteroatoms. The molecule has 22 heavy (non-hydrogen) atoms. The van der Waals surface area contributed by atoms with Gasteiger partial charge in [0.15, 0.2) is 11.0 Å². The quantitative estimate of drug-likeness (QED) is 0.905. The molecule has 2 bridgehead atoms. The summed E-state index contributed by atoms with van der Waals surface area (Å²) in [5.41, 5.74) is -0.616. The predicted molar refractivity (Wildman–Crippen MR) is 84.4 cm³/mol. The van der Waals surface area contributed by atoms with E-state index < -0.39 is 6.09 Å². The van der Waals surface area contributed by atoms with Gasteiger partial charge in [0.25, 0.3) is 0 Å². The number of fused-ring (bicyclic) bond motifs is 2. The maximum Gasteiger partial charge on any atom is 0.408 e. The third-order valence-corrected chi connectivity index (χ3v) is 5.55. The molecule has 1 amide bonds. The van der Waals surface area contributed by atoms with Crippen LogP contribution in [0.3, 0.4) is 0 Å². The summed E-state index contributed by atoms with van der Waals surface area (Å²) in [6.07, 6.45) is 2.61. The molecule has 0 aromatic carbocycles. The largest absolute Gasteiger partial charge is 0.465 e. The van der Waals surface area contributed by atoms with Gasteiger partial charge in [0.2, 0.25) is 0 Å². The molecule has 2 aliphatic rings. The Kier molecular flexibility index (Phi) is 3.47.